The van der Waals surface area contributed by atoms with Crippen molar-refractivity contribution in [3.63, 3.8) is 0 Å². The van der Waals surface area contributed by atoms with Crippen LogP contribution in [-0.2, 0) is 14.3 Å². The van der Waals surface area contributed by atoms with E-state index in [-0.39, 0.29) is 23.1 Å². The number of rotatable bonds is 4. The molecule has 1 fully saturated rings. The molecule has 0 unspecified atom stereocenters. The minimum Gasteiger partial charge on any atom is -0.447 e. The third kappa shape index (κ3) is 4.58. The van der Waals surface area contributed by atoms with E-state index in [2.05, 4.69) is 10.1 Å². The predicted octanol–water partition coefficient (Wildman–Crippen LogP) is 3.47. The Bertz CT molecular complexity index is 818. The lowest BCUT2D eigenvalue weighted by Crippen LogP contribution is -2.43. The summed E-state index contributed by atoms with van der Waals surface area (Å²) in [5.41, 5.74) is 0.400. The Kier molecular flexibility index (Phi) is 5.82. The third-order valence-electron chi connectivity index (χ3n) is 4.86. The highest BCUT2D eigenvalue weighted by molar-refractivity contribution is 5.81. The molecule has 3 rings (SSSR count). The Balaban J connectivity index is 1.71. The fourth-order valence-electron chi connectivity index (χ4n) is 3.39. The van der Waals surface area contributed by atoms with Crippen LogP contribution in [0.1, 0.15) is 69.8 Å². The summed E-state index contributed by atoms with van der Waals surface area (Å²) >= 11 is 0. The zero-order chi connectivity index (χ0) is 20.3. The molecule has 150 valence electrons. The Morgan fingerprint density at radius 3 is 2.39 bits per heavy atom. The summed E-state index contributed by atoms with van der Waals surface area (Å²) in [7, 11) is 0. The maximum absolute atomic E-state index is 12.4. The van der Waals surface area contributed by atoms with E-state index in [0.717, 1.165) is 18.4 Å². The van der Waals surface area contributed by atoms with Crippen molar-refractivity contribution < 1.29 is 18.8 Å². The van der Waals surface area contributed by atoms with Crippen LogP contribution in [0.5, 0.6) is 0 Å². The maximum Gasteiger partial charge on any atom is 0.303 e. The van der Waals surface area contributed by atoms with Crippen LogP contribution in [0.15, 0.2) is 34.9 Å². The van der Waals surface area contributed by atoms with E-state index in [1.165, 1.54) is 6.92 Å². The molecule has 1 aliphatic rings. The lowest BCUT2D eigenvalue weighted by Gasteiger charge is -2.34. The number of likely N-dealkylation sites (tertiary alicyclic amines) is 1. The molecule has 0 radical (unpaired) electrons. The first-order chi connectivity index (χ1) is 13.3. The van der Waals surface area contributed by atoms with Crippen molar-refractivity contribution >= 4 is 11.9 Å². The van der Waals surface area contributed by atoms with Gasteiger partial charge in [0, 0.05) is 36.9 Å². The van der Waals surface area contributed by atoms with Gasteiger partial charge < -0.3 is 14.2 Å². The van der Waals surface area contributed by atoms with Crippen molar-refractivity contribution in [2.45, 2.75) is 52.6 Å². The van der Waals surface area contributed by atoms with Crippen LogP contribution in [0.2, 0.25) is 0 Å². The molecule has 2 aromatic rings. The average Bonchev–Trinajstić information content (AvgIpc) is 3.15. The highest BCUT2D eigenvalue weighted by atomic mass is 16.6. The molecule has 7 heteroatoms. The van der Waals surface area contributed by atoms with Crippen LogP contribution in [0, 0.1) is 5.41 Å². The quantitative estimate of drug-likeness (QED) is 0.749. The smallest absolute Gasteiger partial charge is 0.303 e. The van der Waals surface area contributed by atoms with Crippen molar-refractivity contribution in [2.24, 2.45) is 5.41 Å². The fraction of sp³-hybridized carbons (Fsp3) is 0.524. The Morgan fingerprint density at radius 1 is 1.18 bits per heavy atom. The van der Waals surface area contributed by atoms with E-state index in [1.54, 1.807) is 0 Å². The molecular formula is C21H27N3O4. The highest BCUT2D eigenvalue weighted by Crippen LogP contribution is 2.31. The second kappa shape index (κ2) is 8.12. The molecule has 7 nitrogen and oxygen atoms in total. The van der Waals surface area contributed by atoms with Gasteiger partial charge in [0.15, 0.2) is 5.82 Å². The second-order valence-electron chi connectivity index (χ2n) is 8.21. The minimum atomic E-state index is -0.720. The number of carbonyl (C=O) groups excluding carboxylic acids is 2. The van der Waals surface area contributed by atoms with Crippen LogP contribution in [0.25, 0.3) is 0 Å². The zero-order valence-electron chi connectivity index (χ0n) is 16.8. The van der Waals surface area contributed by atoms with Crippen LogP contribution >= 0.6 is 0 Å². The number of hydrogen-bond acceptors (Lipinski definition) is 6. The normalized spacial score (nSPS) is 16.6. The molecule has 2 heterocycles. The monoisotopic (exact) mass is 385 g/mol. The Hall–Kier alpha value is -2.70. The Labute approximate surface area is 165 Å². The molecule has 0 bridgehead atoms. The molecule has 1 aromatic carbocycles. The van der Waals surface area contributed by atoms with E-state index in [4.69, 9.17) is 9.26 Å². The third-order valence-corrected chi connectivity index (χ3v) is 4.86. The molecule has 28 heavy (non-hydrogen) atoms. The number of ether oxygens (including phenoxy) is 1. The maximum atomic E-state index is 12.4. The van der Waals surface area contributed by atoms with Crippen molar-refractivity contribution in [2.75, 3.05) is 13.1 Å². The highest BCUT2D eigenvalue weighted by Gasteiger charge is 2.33. The van der Waals surface area contributed by atoms with Gasteiger partial charge in [0.05, 0.1) is 0 Å². The van der Waals surface area contributed by atoms with Crippen molar-refractivity contribution in [1.82, 2.24) is 15.0 Å². The second-order valence-corrected chi connectivity index (χ2v) is 8.21. The van der Waals surface area contributed by atoms with Crippen LogP contribution < -0.4 is 0 Å². The molecule has 1 saturated heterocycles. The van der Waals surface area contributed by atoms with Gasteiger partial charge in [0.2, 0.25) is 12.0 Å². The van der Waals surface area contributed by atoms with Gasteiger partial charge in [-0.2, -0.15) is 4.98 Å². The molecule has 1 aromatic heterocycles. The summed E-state index contributed by atoms with van der Waals surface area (Å²) in [6.45, 7) is 8.52. The summed E-state index contributed by atoms with van der Waals surface area (Å²) in [5.74, 6) is 0.743. The first-order valence-corrected chi connectivity index (χ1v) is 9.60. The largest absolute Gasteiger partial charge is 0.447 e. The van der Waals surface area contributed by atoms with Crippen molar-refractivity contribution in [3.8, 4) is 0 Å². The van der Waals surface area contributed by atoms with Crippen molar-refractivity contribution in [3.05, 3.63) is 47.6 Å². The van der Waals surface area contributed by atoms with E-state index in [9.17, 15) is 9.59 Å². The summed E-state index contributed by atoms with van der Waals surface area (Å²) in [6.07, 6.45) is 0.844. The van der Waals surface area contributed by atoms with Gasteiger partial charge in [-0.1, -0.05) is 56.3 Å². The molecule has 0 spiro atoms. The first-order valence-electron chi connectivity index (χ1n) is 9.60. The van der Waals surface area contributed by atoms with Gasteiger partial charge in [0.25, 0.3) is 5.89 Å². The van der Waals surface area contributed by atoms with Crippen LogP contribution in [-0.4, -0.2) is 40.0 Å². The van der Waals surface area contributed by atoms with E-state index >= 15 is 0 Å². The van der Waals surface area contributed by atoms with Crippen molar-refractivity contribution in [1.29, 1.82) is 0 Å². The number of carbonyl (C=O) groups is 2. The molecule has 1 atom stereocenters. The van der Waals surface area contributed by atoms with Gasteiger partial charge in [-0.15, -0.1) is 0 Å². The number of esters is 1. The lowest BCUT2D eigenvalue weighted by molar-refractivity contribution is -0.145. The number of nitrogens with zero attached hydrogens (tertiary/aromatic N) is 3. The summed E-state index contributed by atoms with van der Waals surface area (Å²) in [5, 5.41) is 4.13. The standard InChI is InChI=1S/C21H27N3O4/c1-14(25)27-17(15-8-6-5-7-9-15)19-22-18(23-28-19)16-10-12-24(13-11-16)20(26)21(2,3)4/h5-9,16-17H,10-13H2,1-4H3/t17-/m0/s1. The average molecular weight is 385 g/mol. The zero-order valence-corrected chi connectivity index (χ0v) is 16.8. The SMILES string of the molecule is CC(=O)O[C@@H](c1ccccc1)c1nc(C2CCN(C(=O)C(C)(C)C)CC2)no1. The van der Waals surface area contributed by atoms with Gasteiger partial charge in [0.1, 0.15) is 0 Å². The fourth-order valence-corrected chi connectivity index (χ4v) is 3.39. The van der Waals surface area contributed by atoms with E-state index in [0.29, 0.717) is 18.9 Å². The lowest BCUT2D eigenvalue weighted by atomic mass is 9.91. The summed E-state index contributed by atoms with van der Waals surface area (Å²) in [6, 6.07) is 9.33. The van der Waals surface area contributed by atoms with E-state index in [1.807, 2.05) is 56.0 Å². The first kappa shape index (κ1) is 20.0. The molecule has 0 N–H and O–H groups in total. The number of piperidine rings is 1. The van der Waals surface area contributed by atoms with Gasteiger partial charge in [-0.05, 0) is 12.8 Å². The number of benzene rings is 1. The van der Waals surface area contributed by atoms with Gasteiger partial charge >= 0.3 is 5.97 Å². The van der Waals surface area contributed by atoms with E-state index < -0.39 is 12.1 Å². The number of hydrogen-bond donors (Lipinski definition) is 0. The molecule has 0 saturated carbocycles. The Morgan fingerprint density at radius 2 is 1.82 bits per heavy atom. The van der Waals surface area contributed by atoms with Gasteiger partial charge in [-0.3, -0.25) is 9.59 Å². The molecule has 0 aliphatic carbocycles. The summed E-state index contributed by atoms with van der Waals surface area (Å²) in [4.78, 5) is 30.4. The number of aromatic nitrogens is 2. The predicted molar refractivity (Wildman–Crippen MR) is 102 cm³/mol. The van der Waals surface area contributed by atoms with Crippen LogP contribution in [0.4, 0.5) is 0 Å². The molecule has 1 amide bonds. The minimum absolute atomic E-state index is 0.121. The van der Waals surface area contributed by atoms with Gasteiger partial charge in [-0.25, -0.2) is 0 Å². The molecular weight excluding hydrogens is 358 g/mol. The topological polar surface area (TPSA) is 85.5 Å². The van der Waals surface area contributed by atoms with Crippen LogP contribution in [0.3, 0.4) is 0 Å². The summed E-state index contributed by atoms with van der Waals surface area (Å²) < 4.78 is 10.9. The number of amides is 1. The molecule has 1 aliphatic heterocycles.